The molecule has 1 aromatic heterocycles. The van der Waals surface area contributed by atoms with Crippen molar-refractivity contribution in [3.63, 3.8) is 0 Å². The molecule has 4 aromatic rings. The van der Waals surface area contributed by atoms with E-state index in [4.69, 9.17) is 4.74 Å². The third-order valence-electron chi connectivity index (χ3n) is 4.40. The first-order valence-corrected chi connectivity index (χ1v) is 9.18. The van der Waals surface area contributed by atoms with E-state index in [-0.39, 0.29) is 0 Å². The van der Waals surface area contributed by atoms with Crippen LogP contribution in [0.15, 0.2) is 72.8 Å². The number of nitrogens with one attached hydrogen (secondary N) is 1. The number of rotatable bonds is 6. The van der Waals surface area contributed by atoms with Crippen molar-refractivity contribution >= 4 is 28.6 Å². The molecule has 0 fully saturated rings. The lowest BCUT2D eigenvalue weighted by atomic mass is 10.1. The van der Waals surface area contributed by atoms with Crippen LogP contribution in [-0.2, 0) is 16.1 Å². The molecule has 1 N–H and O–H groups in total. The van der Waals surface area contributed by atoms with Crippen molar-refractivity contribution in [1.29, 1.82) is 0 Å². The Kier molecular flexibility index (Phi) is 5.47. The summed E-state index contributed by atoms with van der Waals surface area (Å²) in [5.74, 6) is -1.52. The average molecular weight is 404 g/mol. The van der Waals surface area contributed by atoms with E-state index in [0.29, 0.717) is 17.8 Å². The minimum atomic E-state index is -0.609. The van der Waals surface area contributed by atoms with Gasteiger partial charge in [-0.15, -0.1) is 5.10 Å². The number of hydrogen-bond acceptors (Lipinski definition) is 5. The Labute approximate surface area is 171 Å². The highest BCUT2D eigenvalue weighted by Crippen LogP contribution is 2.13. The van der Waals surface area contributed by atoms with Crippen molar-refractivity contribution in [3.05, 3.63) is 89.7 Å². The van der Waals surface area contributed by atoms with E-state index in [2.05, 4.69) is 15.6 Å². The monoisotopic (exact) mass is 404 g/mol. The molecule has 7 nitrogen and oxygen atoms in total. The van der Waals surface area contributed by atoms with E-state index in [9.17, 15) is 14.0 Å². The predicted octanol–water partition coefficient (Wildman–Crippen LogP) is 3.41. The van der Waals surface area contributed by atoms with Crippen LogP contribution in [0.4, 0.5) is 10.1 Å². The fraction of sp³-hybridized carbons (Fsp3) is 0.0909. The number of fused-ring (bicyclic) bond motifs is 1. The van der Waals surface area contributed by atoms with Crippen molar-refractivity contribution in [1.82, 2.24) is 15.0 Å². The molecule has 0 aliphatic heterocycles. The first kappa shape index (κ1) is 19.3. The highest BCUT2D eigenvalue weighted by atomic mass is 19.1. The summed E-state index contributed by atoms with van der Waals surface area (Å²) >= 11 is 0. The smallest absolute Gasteiger partial charge is 0.338 e. The second kappa shape index (κ2) is 8.52. The number of carbonyl (C=O) groups is 2. The number of aromatic nitrogens is 3. The van der Waals surface area contributed by atoms with Gasteiger partial charge in [0, 0.05) is 5.69 Å². The molecule has 1 amide bonds. The summed E-state index contributed by atoms with van der Waals surface area (Å²) in [5, 5.41) is 10.8. The van der Waals surface area contributed by atoms with Gasteiger partial charge in [-0.05, 0) is 54.1 Å². The zero-order valence-electron chi connectivity index (χ0n) is 15.8. The number of nitrogens with zero attached hydrogens (tertiary/aromatic N) is 3. The lowest BCUT2D eigenvalue weighted by Crippen LogP contribution is -2.20. The number of benzene rings is 3. The second-order valence-electron chi connectivity index (χ2n) is 6.56. The Morgan fingerprint density at radius 1 is 0.967 bits per heavy atom. The minimum absolute atomic E-state index is 0.330. The van der Waals surface area contributed by atoms with E-state index in [1.807, 2.05) is 24.3 Å². The van der Waals surface area contributed by atoms with Gasteiger partial charge in [0.25, 0.3) is 5.91 Å². The van der Waals surface area contributed by atoms with Crippen molar-refractivity contribution in [2.24, 2.45) is 0 Å². The molecule has 0 aliphatic carbocycles. The Balaban J connectivity index is 1.32. The summed E-state index contributed by atoms with van der Waals surface area (Å²) in [6.07, 6.45) is 0. The second-order valence-corrected chi connectivity index (χ2v) is 6.56. The van der Waals surface area contributed by atoms with Gasteiger partial charge in [0.05, 0.1) is 17.6 Å². The van der Waals surface area contributed by atoms with Crippen LogP contribution in [0.5, 0.6) is 0 Å². The molecule has 8 heteroatoms. The number of amides is 1. The van der Waals surface area contributed by atoms with Gasteiger partial charge in [0.15, 0.2) is 6.61 Å². The Morgan fingerprint density at radius 2 is 1.70 bits per heavy atom. The van der Waals surface area contributed by atoms with Crippen LogP contribution in [0.3, 0.4) is 0 Å². The lowest BCUT2D eigenvalue weighted by Gasteiger charge is -2.07. The van der Waals surface area contributed by atoms with E-state index < -0.39 is 24.3 Å². The summed E-state index contributed by atoms with van der Waals surface area (Å²) in [6, 6.07) is 19.8. The highest BCUT2D eigenvalue weighted by Gasteiger charge is 2.11. The van der Waals surface area contributed by atoms with Crippen molar-refractivity contribution in [3.8, 4) is 0 Å². The van der Waals surface area contributed by atoms with Gasteiger partial charge in [-0.1, -0.05) is 29.5 Å². The molecule has 1 heterocycles. The average Bonchev–Trinajstić information content (AvgIpc) is 3.17. The van der Waals surface area contributed by atoms with E-state index >= 15 is 0 Å². The third-order valence-corrected chi connectivity index (χ3v) is 4.40. The van der Waals surface area contributed by atoms with Gasteiger partial charge in [-0.25, -0.2) is 13.9 Å². The van der Waals surface area contributed by atoms with Crippen LogP contribution in [0.1, 0.15) is 15.9 Å². The van der Waals surface area contributed by atoms with Gasteiger partial charge in [0.2, 0.25) is 0 Å². The normalized spacial score (nSPS) is 10.7. The lowest BCUT2D eigenvalue weighted by molar-refractivity contribution is -0.119. The van der Waals surface area contributed by atoms with Crippen LogP contribution < -0.4 is 5.32 Å². The molecule has 0 unspecified atom stereocenters. The van der Waals surface area contributed by atoms with Crippen LogP contribution in [0, 0.1) is 5.82 Å². The number of carbonyl (C=O) groups excluding carboxylic acids is 2. The van der Waals surface area contributed by atoms with Crippen LogP contribution in [0.2, 0.25) is 0 Å². The Hall–Kier alpha value is -4.07. The molecule has 0 bridgehead atoms. The van der Waals surface area contributed by atoms with Crippen LogP contribution >= 0.6 is 0 Å². The molecular formula is C22H17FN4O3. The minimum Gasteiger partial charge on any atom is -0.452 e. The van der Waals surface area contributed by atoms with Crippen LogP contribution in [-0.4, -0.2) is 33.5 Å². The summed E-state index contributed by atoms with van der Waals surface area (Å²) in [6.45, 7) is 0.0683. The molecule has 30 heavy (non-hydrogen) atoms. The maximum absolute atomic E-state index is 12.9. The highest BCUT2D eigenvalue weighted by molar-refractivity contribution is 5.95. The van der Waals surface area contributed by atoms with Gasteiger partial charge >= 0.3 is 5.97 Å². The van der Waals surface area contributed by atoms with Crippen LogP contribution in [0.25, 0.3) is 11.0 Å². The van der Waals surface area contributed by atoms with E-state index in [1.165, 1.54) is 24.3 Å². The van der Waals surface area contributed by atoms with E-state index in [0.717, 1.165) is 16.6 Å². The van der Waals surface area contributed by atoms with Gasteiger partial charge in [-0.2, -0.15) is 0 Å². The van der Waals surface area contributed by atoms with Crippen molar-refractivity contribution in [2.75, 3.05) is 11.9 Å². The number of halogens is 1. The van der Waals surface area contributed by atoms with Gasteiger partial charge in [-0.3, -0.25) is 4.79 Å². The SMILES string of the molecule is O=C(COC(=O)c1ccc(Cn2nnc3ccccc32)cc1)Nc1ccc(F)cc1. The molecule has 0 saturated carbocycles. The topological polar surface area (TPSA) is 86.1 Å². The summed E-state index contributed by atoms with van der Waals surface area (Å²) in [5.41, 5.74) is 3.43. The van der Waals surface area contributed by atoms with E-state index in [1.54, 1.807) is 28.9 Å². The van der Waals surface area contributed by atoms with Gasteiger partial charge in [0.1, 0.15) is 11.3 Å². The fourth-order valence-corrected chi connectivity index (χ4v) is 2.90. The molecule has 0 saturated heterocycles. The van der Waals surface area contributed by atoms with Crippen molar-refractivity contribution in [2.45, 2.75) is 6.54 Å². The first-order valence-electron chi connectivity index (χ1n) is 9.18. The summed E-state index contributed by atoms with van der Waals surface area (Å²) in [4.78, 5) is 24.0. The first-order chi connectivity index (χ1) is 14.6. The summed E-state index contributed by atoms with van der Waals surface area (Å²) in [7, 11) is 0. The number of ether oxygens (including phenoxy) is 1. The van der Waals surface area contributed by atoms with Gasteiger partial charge < -0.3 is 10.1 Å². The Morgan fingerprint density at radius 3 is 2.47 bits per heavy atom. The maximum atomic E-state index is 12.9. The Bertz CT molecular complexity index is 1190. The molecule has 150 valence electrons. The zero-order chi connectivity index (χ0) is 20.9. The molecule has 0 aliphatic rings. The maximum Gasteiger partial charge on any atom is 0.338 e. The molecule has 3 aromatic carbocycles. The van der Waals surface area contributed by atoms with Crippen molar-refractivity contribution < 1.29 is 18.7 Å². The standard InChI is InChI=1S/C22H17FN4O3/c23-17-9-11-18(12-10-17)24-21(28)14-30-22(29)16-7-5-15(6-8-16)13-27-20-4-2-1-3-19(20)25-26-27/h1-12H,13-14H2,(H,24,28). The molecule has 0 spiro atoms. The number of hydrogen-bond donors (Lipinski definition) is 1. The third kappa shape index (κ3) is 4.49. The number of para-hydroxylation sites is 1. The molecule has 0 atom stereocenters. The zero-order valence-corrected chi connectivity index (χ0v) is 15.8. The molecule has 0 radical (unpaired) electrons. The molecular weight excluding hydrogens is 387 g/mol. The largest absolute Gasteiger partial charge is 0.452 e. The molecule has 4 rings (SSSR count). The number of anilines is 1. The predicted molar refractivity (Wildman–Crippen MR) is 108 cm³/mol. The fourth-order valence-electron chi connectivity index (χ4n) is 2.90. The number of esters is 1. The summed E-state index contributed by atoms with van der Waals surface area (Å²) < 4.78 is 19.7. The quantitative estimate of drug-likeness (QED) is 0.498.